The molecule has 7 heteroatoms. The largest absolute Gasteiger partial charge is 0.491 e. The highest BCUT2D eigenvalue weighted by Crippen LogP contribution is 2.56. The molecule has 0 amide bonds. The Morgan fingerprint density at radius 3 is 2.63 bits per heavy atom. The minimum Gasteiger partial charge on any atom is -0.491 e. The number of fused-ring (bicyclic) bond motifs is 1. The maximum Gasteiger partial charge on any atom is 0.309 e. The molecule has 2 aliphatic rings. The van der Waals surface area contributed by atoms with E-state index >= 15 is 0 Å². The topological polar surface area (TPSA) is 79.2 Å². The Bertz CT molecular complexity index is 895. The van der Waals surface area contributed by atoms with Crippen molar-refractivity contribution >= 4 is 0 Å². The van der Waals surface area contributed by atoms with Gasteiger partial charge < -0.3 is 24.8 Å². The molecule has 1 heterocycles. The number of benzene rings is 2. The molecule has 30 heavy (non-hydrogen) atoms. The number of aryl methyl sites for hydroxylation is 1. The first-order valence-electron chi connectivity index (χ1n) is 10.2. The lowest BCUT2D eigenvalue weighted by Crippen LogP contribution is -2.44. The third-order valence-electron chi connectivity index (χ3n) is 6.16. The molecule has 0 radical (unpaired) electrons. The monoisotopic (exact) mass is 420 g/mol. The van der Waals surface area contributed by atoms with Crippen LogP contribution >= 0.6 is 0 Å². The van der Waals surface area contributed by atoms with Gasteiger partial charge in [-0.2, -0.15) is 8.78 Å². The molecule has 0 spiro atoms. The third kappa shape index (κ3) is 3.60. The number of hydrogen-bond acceptors (Lipinski definition) is 5. The SMILES string of the molecule is C[C@@H]1O[C@H](COc2cccc(CC[C@@]3(O)c4ccccc4[C@H](O)C3(F)F)c2)C[C@H]1O. The predicted molar refractivity (Wildman–Crippen MR) is 105 cm³/mol. The fourth-order valence-electron chi connectivity index (χ4n) is 4.34. The number of alkyl halides is 2. The quantitative estimate of drug-likeness (QED) is 0.669. The Hall–Kier alpha value is -2.06. The molecule has 1 saturated heterocycles. The van der Waals surface area contributed by atoms with Crippen LogP contribution < -0.4 is 4.74 Å². The molecule has 1 aliphatic carbocycles. The van der Waals surface area contributed by atoms with Gasteiger partial charge in [-0.1, -0.05) is 36.4 Å². The average molecular weight is 420 g/mol. The Kier molecular flexibility index (Phi) is 5.57. The van der Waals surface area contributed by atoms with E-state index in [0.717, 1.165) is 5.56 Å². The van der Waals surface area contributed by atoms with Gasteiger partial charge in [0.25, 0.3) is 0 Å². The molecule has 5 atom stereocenters. The molecule has 1 aliphatic heterocycles. The van der Waals surface area contributed by atoms with E-state index < -0.39 is 23.7 Å². The van der Waals surface area contributed by atoms with Gasteiger partial charge in [0.2, 0.25) is 0 Å². The van der Waals surface area contributed by atoms with Crippen molar-refractivity contribution in [2.75, 3.05) is 6.61 Å². The Morgan fingerprint density at radius 1 is 1.13 bits per heavy atom. The van der Waals surface area contributed by atoms with Gasteiger partial charge in [0, 0.05) is 6.42 Å². The van der Waals surface area contributed by atoms with Crippen LogP contribution in [0.4, 0.5) is 8.78 Å². The number of hydrogen-bond donors (Lipinski definition) is 3. The van der Waals surface area contributed by atoms with Crippen molar-refractivity contribution in [2.24, 2.45) is 0 Å². The molecule has 1 fully saturated rings. The number of rotatable bonds is 6. The summed E-state index contributed by atoms with van der Waals surface area (Å²) in [6.07, 6.45) is -2.52. The van der Waals surface area contributed by atoms with Gasteiger partial charge >= 0.3 is 5.92 Å². The number of ether oxygens (including phenoxy) is 2. The fourth-order valence-corrected chi connectivity index (χ4v) is 4.34. The second kappa shape index (κ2) is 7.89. The number of halogens is 2. The van der Waals surface area contributed by atoms with Gasteiger partial charge in [0.05, 0.1) is 18.3 Å². The molecule has 162 valence electrons. The maximum absolute atomic E-state index is 14.8. The lowest BCUT2D eigenvalue weighted by atomic mass is 9.86. The van der Waals surface area contributed by atoms with Crippen molar-refractivity contribution in [1.29, 1.82) is 0 Å². The first-order chi connectivity index (χ1) is 14.2. The van der Waals surface area contributed by atoms with Crippen LogP contribution in [-0.4, -0.2) is 46.2 Å². The second-order valence-electron chi connectivity index (χ2n) is 8.20. The summed E-state index contributed by atoms with van der Waals surface area (Å²) in [6.45, 7) is 2.09. The predicted octanol–water partition coefficient (Wildman–Crippen LogP) is 3.11. The van der Waals surface area contributed by atoms with Crippen LogP contribution in [0, 0.1) is 0 Å². The lowest BCUT2D eigenvalue weighted by molar-refractivity contribution is -0.226. The standard InChI is InChI=1S/C23H26F2O5/c1-14-20(26)12-17(30-14)13-29-16-6-4-5-15(11-16)9-10-22(28)19-8-3-2-7-18(19)21(27)23(22,24)25/h2-8,11,14,17,20-21,26-28H,9-10,12-13H2,1H3/t14-,17-,20+,21-,22+/m0/s1. The molecule has 0 saturated carbocycles. The highest BCUT2D eigenvalue weighted by atomic mass is 19.3. The molecule has 0 aromatic heterocycles. The summed E-state index contributed by atoms with van der Waals surface area (Å²) in [4.78, 5) is 0. The molecule has 0 unspecified atom stereocenters. The van der Waals surface area contributed by atoms with Crippen LogP contribution in [0.2, 0.25) is 0 Å². The summed E-state index contributed by atoms with van der Waals surface area (Å²) in [5.74, 6) is -3.11. The van der Waals surface area contributed by atoms with E-state index in [2.05, 4.69) is 0 Å². The van der Waals surface area contributed by atoms with Crippen molar-refractivity contribution in [3.8, 4) is 5.75 Å². The summed E-state index contributed by atoms with van der Waals surface area (Å²) in [6, 6.07) is 13.1. The van der Waals surface area contributed by atoms with Crippen molar-refractivity contribution in [1.82, 2.24) is 0 Å². The van der Waals surface area contributed by atoms with Crippen LogP contribution in [0.15, 0.2) is 48.5 Å². The van der Waals surface area contributed by atoms with Crippen LogP contribution in [0.1, 0.15) is 42.6 Å². The summed E-state index contributed by atoms with van der Waals surface area (Å²) < 4.78 is 40.9. The summed E-state index contributed by atoms with van der Waals surface area (Å²) in [5.41, 5.74) is -1.57. The molecular formula is C23H26F2O5. The van der Waals surface area contributed by atoms with Gasteiger partial charge in [0.1, 0.15) is 18.5 Å². The minimum absolute atomic E-state index is 0.0649. The first kappa shape index (κ1) is 21.2. The summed E-state index contributed by atoms with van der Waals surface area (Å²) >= 11 is 0. The van der Waals surface area contributed by atoms with Crippen LogP contribution in [0.25, 0.3) is 0 Å². The van der Waals surface area contributed by atoms with E-state index in [0.29, 0.717) is 12.2 Å². The zero-order valence-corrected chi connectivity index (χ0v) is 16.7. The Morgan fingerprint density at radius 2 is 1.90 bits per heavy atom. The maximum atomic E-state index is 14.8. The zero-order valence-electron chi connectivity index (χ0n) is 16.7. The number of aliphatic hydroxyl groups excluding tert-OH is 2. The normalized spacial score (nSPS) is 32.2. The van der Waals surface area contributed by atoms with E-state index in [1.54, 1.807) is 36.4 Å². The average Bonchev–Trinajstić information content (AvgIpc) is 3.13. The fraction of sp³-hybridized carbons (Fsp3) is 0.478. The van der Waals surface area contributed by atoms with Crippen molar-refractivity contribution in [2.45, 2.75) is 62.1 Å². The van der Waals surface area contributed by atoms with Gasteiger partial charge in [-0.15, -0.1) is 0 Å². The second-order valence-corrected chi connectivity index (χ2v) is 8.20. The van der Waals surface area contributed by atoms with Gasteiger partial charge in [0.15, 0.2) is 5.60 Å². The minimum atomic E-state index is -3.68. The highest BCUT2D eigenvalue weighted by Gasteiger charge is 2.64. The van der Waals surface area contributed by atoms with E-state index in [1.807, 2.05) is 6.92 Å². The van der Waals surface area contributed by atoms with Crippen molar-refractivity contribution in [3.05, 3.63) is 65.2 Å². The molecule has 2 aromatic carbocycles. The molecule has 0 bridgehead atoms. The zero-order chi connectivity index (χ0) is 21.5. The van der Waals surface area contributed by atoms with E-state index in [4.69, 9.17) is 9.47 Å². The Balaban J connectivity index is 1.43. The van der Waals surface area contributed by atoms with Gasteiger partial charge in [-0.3, -0.25) is 0 Å². The summed E-state index contributed by atoms with van der Waals surface area (Å²) in [7, 11) is 0. The van der Waals surface area contributed by atoms with Crippen LogP contribution in [-0.2, 0) is 16.8 Å². The van der Waals surface area contributed by atoms with Gasteiger partial charge in [-0.25, -0.2) is 0 Å². The Labute approximate surface area is 173 Å². The molecule has 4 rings (SSSR count). The van der Waals surface area contributed by atoms with Gasteiger partial charge in [-0.05, 0) is 48.6 Å². The van der Waals surface area contributed by atoms with Crippen molar-refractivity contribution < 1.29 is 33.6 Å². The first-order valence-corrected chi connectivity index (χ1v) is 10.2. The van der Waals surface area contributed by atoms with Crippen LogP contribution in [0.3, 0.4) is 0 Å². The third-order valence-corrected chi connectivity index (χ3v) is 6.16. The smallest absolute Gasteiger partial charge is 0.309 e. The van der Waals surface area contributed by atoms with E-state index in [-0.39, 0.29) is 42.8 Å². The van der Waals surface area contributed by atoms with E-state index in [9.17, 15) is 24.1 Å². The summed E-state index contributed by atoms with van der Waals surface area (Å²) in [5, 5.41) is 30.7. The van der Waals surface area contributed by atoms with Crippen molar-refractivity contribution in [3.63, 3.8) is 0 Å². The number of aliphatic hydroxyl groups is 3. The molecule has 3 N–H and O–H groups in total. The van der Waals surface area contributed by atoms with Crippen LogP contribution in [0.5, 0.6) is 5.75 Å². The highest BCUT2D eigenvalue weighted by molar-refractivity contribution is 5.43. The molecule has 5 nitrogen and oxygen atoms in total. The molecular weight excluding hydrogens is 394 g/mol. The lowest BCUT2D eigenvalue weighted by Gasteiger charge is -2.31. The van der Waals surface area contributed by atoms with E-state index in [1.165, 1.54) is 12.1 Å². The molecule has 2 aromatic rings.